The van der Waals surface area contributed by atoms with Gasteiger partial charge in [0.15, 0.2) is 11.3 Å². The van der Waals surface area contributed by atoms with Gasteiger partial charge in [-0.05, 0) is 13.0 Å². The van der Waals surface area contributed by atoms with Crippen molar-refractivity contribution in [1.82, 2.24) is 29.3 Å². The Hall–Kier alpha value is -2.62. The number of halogens is 4. The molecule has 0 radical (unpaired) electrons. The van der Waals surface area contributed by atoms with Crippen LogP contribution in [0, 0.1) is 0 Å². The molecule has 0 saturated carbocycles. The summed E-state index contributed by atoms with van der Waals surface area (Å²) in [5.41, 5.74) is -1.04. The van der Waals surface area contributed by atoms with Gasteiger partial charge < -0.3 is 4.90 Å². The molecular formula is C19H22ClF3N6O. The Balaban J connectivity index is 1.99. The molecule has 3 rings (SSSR count). The first-order chi connectivity index (χ1) is 13.8. The van der Waals surface area contributed by atoms with Crippen molar-refractivity contribution in [1.29, 1.82) is 0 Å². The second-order valence-electron chi connectivity index (χ2n) is 8.01. The summed E-state index contributed by atoms with van der Waals surface area (Å²) in [6.07, 6.45) is -3.01. The molecule has 11 heteroatoms. The lowest BCUT2D eigenvalue weighted by atomic mass is 9.91. The van der Waals surface area contributed by atoms with Crippen LogP contribution in [0.25, 0.3) is 5.65 Å². The summed E-state index contributed by atoms with van der Waals surface area (Å²) in [7, 11) is 1.51. The molecule has 0 aromatic carbocycles. The van der Waals surface area contributed by atoms with Gasteiger partial charge in [0, 0.05) is 31.3 Å². The third-order valence-corrected chi connectivity index (χ3v) is 4.87. The first-order valence-electron chi connectivity index (χ1n) is 9.27. The zero-order valence-electron chi connectivity index (χ0n) is 17.2. The van der Waals surface area contributed by atoms with Crippen molar-refractivity contribution in [3.63, 3.8) is 0 Å². The molecule has 0 aliphatic rings. The molecule has 0 saturated heterocycles. The molecule has 162 valence electrons. The molecule has 0 aliphatic heterocycles. The van der Waals surface area contributed by atoms with Crippen LogP contribution in [0.1, 0.15) is 55.3 Å². The number of rotatable bonds is 4. The lowest BCUT2D eigenvalue weighted by Gasteiger charge is -2.19. The molecule has 3 aromatic rings. The molecule has 3 heterocycles. The number of nitrogens with zero attached hydrogens (tertiary/aromatic N) is 6. The van der Waals surface area contributed by atoms with Gasteiger partial charge in [0.05, 0.1) is 17.3 Å². The standard InChI is InChI=1S/C19H22ClF3N6O/c1-6-28-9-11(20)13(25-28)10-27(5)17(30)12-7-16-24-14(18(2,3)4)8-15(19(21,22)23)29(16)26-12/h7-9H,6,10H2,1-5H3. The lowest BCUT2D eigenvalue weighted by molar-refractivity contribution is -0.142. The van der Waals surface area contributed by atoms with E-state index in [0.29, 0.717) is 21.8 Å². The second kappa shape index (κ2) is 7.57. The summed E-state index contributed by atoms with van der Waals surface area (Å²) in [6.45, 7) is 7.90. The van der Waals surface area contributed by atoms with Crippen LogP contribution in [0.4, 0.5) is 13.2 Å². The van der Waals surface area contributed by atoms with E-state index in [4.69, 9.17) is 11.6 Å². The summed E-state index contributed by atoms with van der Waals surface area (Å²) in [5.74, 6) is -0.562. The van der Waals surface area contributed by atoms with Crippen LogP contribution < -0.4 is 0 Å². The quantitative estimate of drug-likeness (QED) is 0.607. The van der Waals surface area contributed by atoms with Crippen LogP contribution in [-0.2, 0) is 24.7 Å². The third kappa shape index (κ3) is 4.28. The van der Waals surface area contributed by atoms with E-state index in [2.05, 4.69) is 15.2 Å². The lowest BCUT2D eigenvalue weighted by Crippen LogP contribution is -2.27. The number of fused-ring (bicyclic) bond motifs is 1. The number of amides is 1. The molecule has 1 amide bonds. The van der Waals surface area contributed by atoms with Crippen molar-refractivity contribution >= 4 is 23.2 Å². The molecule has 0 aliphatic carbocycles. The van der Waals surface area contributed by atoms with Gasteiger partial charge >= 0.3 is 6.18 Å². The van der Waals surface area contributed by atoms with Gasteiger partial charge in [-0.2, -0.15) is 23.4 Å². The zero-order chi connectivity index (χ0) is 22.4. The van der Waals surface area contributed by atoms with Crippen molar-refractivity contribution in [2.24, 2.45) is 0 Å². The second-order valence-corrected chi connectivity index (χ2v) is 8.42. The van der Waals surface area contributed by atoms with Crippen molar-refractivity contribution in [2.75, 3.05) is 7.05 Å². The maximum absolute atomic E-state index is 13.6. The number of hydrogen-bond donors (Lipinski definition) is 0. The van der Waals surface area contributed by atoms with Gasteiger partial charge in [-0.15, -0.1) is 0 Å². The van der Waals surface area contributed by atoms with E-state index in [-0.39, 0.29) is 23.6 Å². The topological polar surface area (TPSA) is 68.3 Å². The number of aromatic nitrogens is 5. The van der Waals surface area contributed by atoms with Crippen LogP contribution in [0.3, 0.4) is 0 Å². The molecule has 0 spiro atoms. The fraction of sp³-hybridized carbons (Fsp3) is 0.474. The van der Waals surface area contributed by atoms with E-state index in [1.54, 1.807) is 31.6 Å². The summed E-state index contributed by atoms with van der Waals surface area (Å²) in [6, 6.07) is 2.23. The average molecular weight is 443 g/mol. The van der Waals surface area contributed by atoms with Gasteiger partial charge in [0.2, 0.25) is 0 Å². The zero-order valence-corrected chi connectivity index (χ0v) is 18.0. The highest BCUT2D eigenvalue weighted by Gasteiger charge is 2.36. The van der Waals surface area contributed by atoms with Crippen LogP contribution in [0.5, 0.6) is 0 Å². The van der Waals surface area contributed by atoms with E-state index >= 15 is 0 Å². The minimum Gasteiger partial charge on any atom is -0.334 e. The number of carbonyl (C=O) groups excluding carboxylic acids is 1. The van der Waals surface area contributed by atoms with Crippen LogP contribution >= 0.6 is 11.6 Å². The Labute approximate surface area is 176 Å². The molecule has 0 fully saturated rings. The normalized spacial score (nSPS) is 12.6. The van der Waals surface area contributed by atoms with Gasteiger partial charge in [-0.25, -0.2) is 9.50 Å². The van der Waals surface area contributed by atoms with E-state index < -0.39 is 23.2 Å². The highest BCUT2D eigenvalue weighted by molar-refractivity contribution is 6.31. The first kappa shape index (κ1) is 22.1. The number of carbonyl (C=O) groups is 1. The molecule has 3 aromatic heterocycles. The van der Waals surface area contributed by atoms with Crippen LogP contribution in [0.15, 0.2) is 18.3 Å². The van der Waals surface area contributed by atoms with E-state index in [0.717, 1.165) is 6.07 Å². The number of aryl methyl sites for hydroxylation is 1. The Morgan fingerprint density at radius 2 is 1.87 bits per heavy atom. The van der Waals surface area contributed by atoms with Gasteiger partial charge in [0.1, 0.15) is 11.4 Å². The molecule has 0 N–H and O–H groups in total. The van der Waals surface area contributed by atoms with E-state index in [1.807, 2.05) is 6.92 Å². The molecule has 0 bridgehead atoms. The monoisotopic (exact) mass is 442 g/mol. The fourth-order valence-electron chi connectivity index (χ4n) is 2.86. The summed E-state index contributed by atoms with van der Waals surface area (Å²) >= 11 is 6.14. The fourth-order valence-corrected chi connectivity index (χ4v) is 3.07. The first-order valence-corrected chi connectivity index (χ1v) is 9.65. The minimum absolute atomic E-state index is 0.0419. The minimum atomic E-state index is -4.65. The molecule has 0 atom stereocenters. The highest BCUT2D eigenvalue weighted by atomic mass is 35.5. The predicted molar refractivity (Wildman–Crippen MR) is 105 cm³/mol. The number of alkyl halides is 3. The van der Waals surface area contributed by atoms with Gasteiger partial charge in [0.25, 0.3) is 5.91 Å². The summed E-state index contributed by atoms with van der Waals surface area (Å²) < 4.78 is 43.1. The average Bonchev–Trinajstić information content (AvgIpc) is 3.21. The Bertz CT molecular complexity index is 1100. The Kier molecular flexibility index (Phi) is 5.57. The van der Waals surface area contributed by atoms with Crippen molar-refractivity contribution in [3.05, 3.63) is 46.1 Å². The Morgan fingerprint density at radius 3 is 2.40 bits per heavy atom. The maximum Gasteiger partial charge on any atom is 0.433 e. The van der Waals surface area contributed by atoms with Crippen LogP contribution in [0.2, 0.25) is 5.02 Å². The van der Waals surface area contributed by atoms with Crippen molar-refractivity contribution in [2.45, 2.75) is 52.4 Å². The van der Waals surface area contributed by atoms with E-state index in [1.165, 1.54) is 18.0 Å². The summed E-state index contributed by atoms with van der Waals surface area (Å²) in [5, 5.41) is 8.57. The third-order valence-electron chi connectivity index (χ3n) is 4.55. The smallest absolute Gasteiger partial charge is 0.334 e. The molecule has 7 nitrogen and oxygen atoms in total. The molecule has 30 heavy (non-hydrogen) atoms. The van der Waals surface area contributed by atoms with Crippen molar-refractivity contribution in [3.8, 4) is 0 Å². The maximum atomic E-state index is 13.6. The molecular weight excluding hydrogens is 421 g/mol. The van der Waals surface area contributed by atoms with Gasteiger partial charge in [-0.3, -0.25) is 9.48 Å². The van der Waals surface area contributed by atoms with E-state index in [9.17, 15) is 18.0 Å². The highest BCUT2D eigenvalue weighted by Crippen LogP contribution is 2.32. The Morgan fingerprint density at radius 1 is 1.20 bits per heavy atom. The largest absolute Gasteiger partial charge is 0.433 e. The summed E-state index contributed by atoms with van der Waals surface area (Å²) in [4.78, 5) is 18.4. The predicted octanol–water partition coefficient (Wildman–Crippen LogP) is 4.19. The number of hydrogen-bond acceptors (Lipinski definition) is 4. The van der Waals surface area contributed by atoms with Crippen LogP contribution in [-0.4, -0.2) is 42.2 Å². The van der Waals surface area contributed by atoms with Gasteiger partial charge in [-0.1, -0.05) is 32.4 Å². The van der Waals surface area contributed by atoms with Crippen molar-refractivity contribution < 1.29 is 18.0 Å². The molecule has 0 unspecified atom stereocenters. The SMILES string of the molecule is CCn1cc(Cl)c(CN(C)C(=O)c2cc3nc(C(C)(C)C)cc(C(F)(F)F)n3n2)n1.